The molecule has 2 N–H and O–H groups in total. The number of amides is 2. The van der Waals surface area contributed by atoms with Gasteiger partial charge < -0.3 is 10.6 Å². The van der Waals surface area contributed by atoms with Crippen LogP contribution in [0.3, 0.4) is 0 Å². The van der Waals surface area contributed by atoms with Crippen LogP contribution in [-0.4, -0.2) is 11.8 Å². The monoisotopic (exact) mass is 351 g/mol. The number of benzene rings is 1. The molecule has 0 atom stereocenters. The summed E-state index contributed by atoms with van der Waals surface area (Å²) in [6.07, 6.45) is 6.99. The third-order valence-corrected chi connectivity index (χ3v) is 6.43. The number of carbonyl (C=O) groups excluding carboxylic acids is 2. The minimum absolute atomic E-state index is 0.136. The van der Waals surface area contributed by atoms with Gasteiger partial charge in [-0.05, 0) is 74.0 Å². The molecule has 1 aromatic carbocycles. The molecule has 5 heteroatoms. The second-order valence-corrected chi connectivity index (χ2v) is 8.46. The van der Waals surface area contributed by atoms with Crippen molar-refractivity contribution in [2.45, 2.75) is 51.5 Å². The highest BCUT2D eigenvalue weighted by Gasteiger charge is 2.54. The highest BCUT2D eigenvalue weighted by molar-refractivity contribution is 5.95. The highest BCUT2D eigenvalue weighted by Crippen LogP contribution is 2.60. The van der Waals surface area contributed by atoms with E-state index < -0.39 is 0 Å². The Morgan fingerprint density at radius 1 is 1.12 bits per heavy atom. The predicted molar refractivity (Wildman–Crippen MR) is 97.8 cm³/mol. The van der Waals surface area contributed by atoms with Crippen molar-refractivity contribution in [3.63, 3.8) is 0 Å². The van der Waals surface area contributed by atoms with Crippen LogP contribution in [0.4, 0.5) is 5.69 Å². The maximum atomic E-state index is 13.1. The van der Waals surface area contributed by atoms with Crippen LogP contribution in [-0.2, 0) is 16.1 Å². The van der Waals surface area contributed by atoms with Gasteiger partial charge in [0, 0.05) is 12.2 Å². The summed E-state index contributed by atoms with van der Waals surface area (Å²) in [5.41, 5.74) is 1.54. The molecule has 26 heavy (non-hydrogen) atoms. The minimum atomic E-state index is -0.282. The Labute approximate surface area is 154 Å². The smallest absolute Gasteiger partial charge is 0.234 e. The zero-order chi connectivity index (χ0) is 18.1. The molecule has 0 aliphatic heterocycles. The van der Waals surface area contributed by atoms with E-state index in [1.807, 2.05) is 30.3 Å². The Morgan fingerprint density at radius 3 is 2.38 bits per heavy atom. The zero-order valence-electron chi connectivity index (χ0n) is 15.0. The SMILES string of the molecule is N#CCC(=O)NCc1cccc(NC(=O)C23CC4CC(CC(C4)C2)C3)c1. The van der Waals surface area contributed by atoms with E-state index in [0.29, 0.717) is 6.54 Å². The van der Waals surface area contributed by atoms with Crippen LogP contribution in [0, 0.1) is 34.5 Å². The summed E-state index contributed by atoms with van der Waals surface area (Å²) in [4.78, 5) is 24.5. The average molecular weight is 351 g/mol. The Balaban J connectivity index is 1.41. The summed E-state index contributed by atoms with van der Waals surface area (Å²) >= 11 is 0. The molecule has 0 unspecified atom stereocenters. The standard InChI is InChI=1S/C21H25N3O2/c22-5-4-19(25)23-13-14-2-1-3-18(9-14)24-20(26)21-10-15-6-16(11-21)8-17(7-15)12-21/h1-3,9,15-17H,4,6-8,10-13H2,(H,23,25)(H,24,26). The van der Waals surface area contributed by atoms with Crippen LogP contribution in [0.15, 0.2) is 24.3 Å². The normalized spacial score (nSPS) is 31.3. The number of nitrogens with one attached hydrogen (secondary N) is 2. The molecule has 0 aromatic heterocycles. The topological polar surface area (TPSA) is 82.0 Å². The zero-order valence-corrected chi connectivity index (χ0v) is 15.0. The van der Waals surface area contributed by atoms with Gasteiger partial charge in [-0.25, -0.2) is 0 Å². The van der Waals surface area contributed by atoms with E-state index in [1.54, 1.807) is 0 Å². The van der Waals surface area contributed by atoms with Crippen LogP contribution in [0.1, 0.15) is 50.5 Å². The average Bonchev–Trinajstić information content (AvgIpc) is 2.59. The third-order valence-electron chi connectivity index (χ3n) is 6.43. The lowest BCUT2D eigenvalue weighted by atomic mass is 9.49. The van der Waals surface area contributed by atoms with Crippen LogP contribution >= 0.6 is 0 Å². The van der Waals surface area contributed by atoms with E-state index >= 15 is 0 Å². The fraction of sp³-hybridized carbons (Fsp3) is 0.571. The summed E-state index contributed by atoms with van der Waals surface area (Å²) in [5, 5.41) is 14.4. The van der Waals surface area contributed by atoms with E-state index in [4.69, 9.17) is 5.26 Å². The molecule has 5 nitrogen and oxygen atoms in total. The number of hydrogen-bond acceptors (Lipinski definition) is 3. The molecule has 0 heterocycles. The van der Waals surface area contributed by atoms with Crippen molar-refractivity contribution in [3.05, 3.63) is 29.8 Å². The van der Waals surface area contributed by atoms with Gasteiger partial charge in [-0.3, -0.25) is 9.59 Å². The van der Waals surface area contributed by atoms with E-state index in [0.717, 1.165) is 48.3 Å². The first-order chi connectivity index (χ1) is 12.6. The molecule has 4 bridgehead atoms. The quantitative estimate of drug-likeness (QED) is 0.853. The lowest BCUT2D eigenvalue weighted by Crippen LogP contribution is -2.51. The van der Waals surface area contributed by atoms with Crippen LogP contribution < -0.4 is 10.6 Å². The molecule has 0 saturated heterocycles. The van der Waals surface area contributed by atoms with E-state index in [1.165, 1.54) is 19.3 Å². The van der Waals surface area contributed by atoms with Gasteiger partial charge in [0.2, 0.25) is 11.8 Å². The number of anilines is 1. The molecular formula is C21H25N3O2. The van der Waals surface area contributed by atoms with Gasteiger partial charge in [-0.2, -0.15) is 5.26 Å². The van der Waals surface area contributed by atoms with E-state index in [-0.39, 0.29) is 23.7 Å². The van der Waals surface area contributed by atoms with Gasteiger partial charge in [-0.1, -0.05) is 12.1 Å². The predicted octanol–water partition coefficient (Wildman–Crippen LogP) is 3.37. The van der Waals surface area contributed by atoms with E-state index in [9.17, 15) is 9.59 Å². The maximum absolute atomic E-state index is 13.1. The second kappa shape index (κ2) is 6.75. The number of carbonyl (C=O) groups is 2. The maximum Gasteiger partial charge on any atom is 0.234 e. The summed E-state index contributed by atoms with van der Waals surface area (Å²) in [6, 6.07) is 9.44. The second-order valence-electron chi connectivity index (χ2n) is 8.46. The van der Waals surface area contributed by atoms with Crippen LogP contribution in [0.5, 0.6) is 0 Å². The molecule has 4 saturated carbocycles. The number of hydrogen-bond donors (Lipinski definition) is 2. The fourth-order valence-electron chi connectivity index (χ4n) is 5.75. The first-order valence-electron chi connectivity index (χ1n) is 9.60. The molecular weight excluding hydrogens is 326 g/mol. The number of nitrogens with zero attached hydrogens (tertiary/aromatic N) is 1. The molecule has 5 rings (SSSR count). The van der Waals surface area contributed by atoms with E-state index in [2.05, 4.69) is 10.6 Å². The minimum Gasteiger partial charge on any atom is -0.351 e. The molecule has 136 valence electrons. The van der Waals surface area contributed by atoms with Crippen molar-refractivity contribution >= 4 is 17.5 Å². The summed E-state index contributed by atoms with van der Waals surface area (Å²) in [6.45, 7) is 0.363. The molecule has 0 spiro atoms. The van der Waals surface area contributed by atoms with Crippen molar-refractivity contribution in [3.8, 4) is 6.07 Å². The van der Waals surface area contributed by atoms with Gasteiger partial charge >= 0.3 is 0 Å². The Morgan fingerprint density at radius 2 is 1.77 bits per heavy atom. The molecule has 4 aliphatic rings. The number of rotatable bonds is 5. The van der Waals surface area contributed by atoms with Crippen LogP contribution in [0.25, 0.3) is 0 Å². The van der Waals surface area contributed by atoms with Crippen molar-refractivity contribution < 1.29 is 9.59 Å². The fourth-order valence-corrected chi connectivity index (χ4v) is 5.75. The van der Waals surface area contributed by atoms with Gasteiger partial charge in [0.1, 0.15) is 6.42 Å². The van der Waals surface area contributed by atoms with Gasteiger partial charge in [-0.15, -0.1) is 0 Å². The Bertz CT molecular complexity index is 729. The largest absolute Gasteiger partial charge is 0.351 e. The van der Waals surface area contributed by atoms with Gasteiger partial charge in [0.05, 0.1) is 11.5 Å². The molecule has 1 aromatic rings. The van der Waals surface area contributed by atoms with Crippen molar-refractivity contribution in [1.29, 1.82) is 5.26 Å². The molecule has 4 aliphatic carbocycles. The summed E-state index contributed by atoms with van der Waals surface area (Å²) < 4.78 is 0. The first kappa shape index (κ1) is 17.1. The Kier molecular flexibility index (Phi) is 4.44. The Hall–Kier alpha value is -2.35. The van der Waals surface area contributed by atoms with Crippen molar-refractivity contribution in [1.82, 2.24) is 5.32 Å². The van der Waals surface area contributed by atoms with Crippen LogP contribution in [0.2, 0.25) is 0 Å². The summed E-state index contributed by atoms with van der Waals surface area (Å²) in [5.74, 6) is 2.13. The van der Waals surface area contributed by atoms with Gasteiger partial charge in [0.25, 0.3) is 0 Å². The third kappa shape index (κ3) is 3.33. The first-order valence-corrected chi connectivity index (χ1v) is 9.60. The molecule has 0 radical (unpaired) electrons. The van der Waals surface area contributed by atoms with Crippen molar-refractivity contribution in [2.24, 2.45) is 23.2 Å². The summed E-state index contributed by atoms with van der Waals surface area (Å²) in [7, 11) is 0. The van der Waals surface area contributed by atoms with Crippen molar-refractivity contribution in [2.75, 3.05) is 5.32 Å². The lowest BCUT2D eigenvalue weighted by Gasteiger charge is -2.55. The highest BCUT2D eigenvalue weighted by atomic mass is 16.2. The lowest BCUT2D eigenvalue weighted by molar-refractivity contribution is -0.140. The molecule has 2 amide bonds. The van der Waals surface area contributed by atoms with Gasteiger partial charge in [0.15, 0.2) is 0 Å². The number of nitriles is 1. The molecule has 4 fully saturated rings.